The molecule has 1 unspecified atom stereocenters. The summed E-state index contributed by atoms with van der Waals surface area (Å²) < 4.78 is 5.81. The van der Waals surface area contributed by atoms with Gasteiger partial charge in [-0.25, -0.2) is 0 Å². The maximum absolute atomic E-state index is 12.9. The van der Waals surface area contributed by atoms with Gasteiger partial charge in [-0.1, -0.05) is 54.6 Å². The van der Waals surface area contributed by atoms with E-state index in [1.807, 2.05) is 55.5 Å². The molecule has 0 radical (unpaired) electrons. The summed E-state index contributed by atoms with van der Waals surface area (Å²) in [5.74, 6) is 0.914. The number of anilines is 1. The number of hydrogen-bond acceptors (Lipinski definition) is 3. The summed E-state index contributed by atoms with van der Waals surface area (Å²) in [7, 11) is 0. The number of hydrogen-bond donors (Lipinski definition) is 1. The summed E-state index contributed by atoms with van der Waals surface area (Å²) in [6, 6.07) is 21.8. The van der Waals surface area contributed by atoms with E-state index in [1.54, 1.807) is 0 Å². The van der Waals surface area contributed by atoms with Crippen LogP contribution in [0.1, 0.15) is 12.5 Å². The second-order valence-electron chi connectivity index (χ2n) is 6.62. The van der Waals surface area contributed by atoms with Crippen molar-refractivity contribution in [1.29, 1.82) is 0 Å². The summed E-state index contributed by atoms with van der Waals surface area (Å²) in [5, 5.41) is 5.28. The molecule has 1 atom stereocenters. The molecule has 4 rings (SSSR count). The van der Waals surface area contributed by atoms with Gasteiger partial charge >= 0.3 is 0 Å². The van der Waals surface area contributed by atoms with Crippen LogP contribution < -0.4 is 10.1 Å². The number of benzene rings is 3. The maximum Gasteiger partial charge on any atom is 0.241 e. The third-order valence-corrected chi connectivity index (χ3v) is 4.96. The van der Waals surface area contributed by atoms with Crippen LogP contribution in [0.5, 0.6) is 5.75 Å². The first-order chi connectivity index (χ1) is 12.7. The van der Waals surface area contributed by atoms with E-state index < -0.39 is 0 Å². The molecule has 26 heavy (non-hydrogen) atoms. The zero-order valence-electron chi connectivity index (χ0n) is 14.8. The molecule has 0 fully saturated rings. The molecule has 0 saturated heterocycles. The van der Waals surface area contributed by atoms with Gasteiger partial charge in [0.25, 0.3) is 0 Å². The Bertz CT molecular complexity index is 933. The average molecular weight is 346 g/mol. The van der Waals surface area contributed by atoms with Gasteiger partial charge in [0, 0.05) is 29.7 Å². The number of fused-ring (bicyclic) bond motifs is 2. The van der Waals surface area contributed by atoms with Gasteiger partial charge in [0.1, 0.15) is 12.4 Å². The standard InChI is InChI=1S/C22H22N2O2/c1-16(24-13-14-26-21-12-5-3-8-18(21)15-24)22(25)23-20-11-6-9-17-7-2-4-10-19(17)20/h2-12,16H,13-15H2,1H3,(H,23,25). The predicted octanol–water partition coefficient (Wildman–Crippen LogP) is 4.06. The molecule has 3 aromatic rings. The van der Waals surface area contributed by atoms with Gasteiger partial charge in [0.15, 0.2) is 0 Å². The molecule has 0 spiro atoms. The Labute approximate surface area is 153 Å². The predicted molar refractivity (Wildman–Crippen MR) is 104 cm³/mol. The molecule has 4 heteroatoms. The molecule has 132 valence electrons. The number of carbonyl (C=O) groups is 1. The molecule has 1 heterocycles. The smallest absolute Gasteiger partial charge is 0.241 e. The molecule has 0 saturated carbocycles. The lowest BCUT2D eigenvalue weighted by Crippen LogP contribution is -2.42. The number of amides is 1. The van der Waals surface area contributed by atoms with Crippen molar-refractivity contribution in [3.05, 3.63) is 72.3 Å². The maximum atomic E-state index is 12.9. The third-order valence-electron chi connectivity index (χ3n) is 4.96. The SMILES string of the molecule is CC(C(=O)Nc1cccc2ccccc12)N1CCOc2ccccc2C1. The Morgan fingerprint density at radius 1 is 1.04 bits per heavy atom. The Morgan fingerprint density at radius 3 is 2.73 bits per heavy atom. The van der Waals surface area contributed by atoms with Crippen LogP contribution >= 0.6 is 0 Å². The van der Waals surface area contributed by atoms with Crippen LogP contribution in [-0.4, -0.2) is 30.0 Å². The fraction of sp³-hybridized carbons (Fsp3) is 0.227. The molecule has 1 amide bonds. The molecule has 4 nitrogen and oxygen atoms in total. The molecular weight excluding hydrogens is 324 g/mol. The van der Waals surface area contributed by atoms with Crippen LogP contribution in [0, 0.1) is 0 Å². The van der Waals surface area contributed by atoms with Crippen molar-refractivity contribution in [2.45, 2.75) is 19.5 Å². The monoisotopic (exact) mass is 346 g/mol. The van der Waals surface area contributed by atoms with Gasteiger partial charge in [-0.15, -0.1) is 0 Å². The van der Waals surface area contributed by atoms with Crippen molar-refractivity contribution < 1.29 is 9.53 Å². The Balaban J connectivity index is 1.53. The van der Waals surface area contributed by atoms with E-state index in [2.05, 4.69) is 28.4 Å². The summed E-state index contributed by atoms with van der Waals surface area (Å²) in [6.07, 6.45) is 0. The highest BCUT2D eigenvalue weighted by atomic mass is 16.5. The van der Waals surface area contributed by atoms with Gasteiger partial charge in [0.05, 0.1) is 6.04 Å². The van der Waals surface area contributed by atoms with Gasteiger partial charge in [-0.3, -0.25) is 9.69 Å². The normalized spacial score (nSPS) is 15.6. The van der Waals surface area contributed by atoms with E-state index in [9.17, 15) is 4.79 Å². The van der Waals surface area contributed by atoms with Crippen LogP contribution in [0.15, 0.2) is 66.7 Å². The lowest BCUT2D eigenvalue weighted by molar-refractivity contribution is -0.121. The van der Waals surface area contributed by atoms with Gasteiger partial charge < -0.3 is 10.1 Å². The minimum atomic E-state index is -0.247. The van der Waals surface area contributed by atoms with Crippen molar-refractivity contribution in [1.82, 2.24) is 4.90 Å². The van der Waals surface area contributed by atoms with Crippen LogP contribution in [0.4, 0.5) is 5.69 Å². The topological polar surface area (TPSA) is 41.6 Å². The zero-order chi connectivity index (χ0) is 17.9. The summed E-state index contributed by atoms with van der Waals surface area (Å²) in [4.78, 5) is 15.0. The minimum absolute atomic E-state index is 0.000680. The van der Waals surface area contributed by atoms with E-state index >= 15 is 0 Å². The first kappa shape index (κ1) is 16.6. The van der Waals surface area contributed by atoms with Crippen LogP contribution in [-0.2, 0) is 11.3 Å². The first-order valence-corrected chi connectivity index (χ1v) is 8.96. The molecule has 1 aliphatic rings. The van der Waals surface area contributed by atoms with Crippen molar-refractivity contribution >= 4 is 22.4 Å². The lowest BCUT2D eigenvalue weighted by Gasteiger charge is -2.26. The van der Waals surface area contributed by atoms with Crippen LogP contribution in [0.3, 0.4) is 0 Å². The Morgan fingerprint density at radius 2 is 1.81 bits per heavy atom. The van der Waals surface area contributed by atoms with Crippen molar-refractivity contribution in [3.8, 4) is 5.75 Å². The minimum Gasteiger partial charge on any atom is -0.492 e. The number of ether oxygens (including phenoxy) is 1. The highest BCUT2D eigenvalue weighted by Crippen LogP contribution is 2.25. The Kier molecular flexibility index (Phi) is 4.59. The second kappa shape index (κ2) is 7.18. The fourth-order valence-corrected chi connectivity index (χ4v) is 3.41. The van der Waals surface area contributed by atoms with Gasteiger partial charge in [-0.05, 0) is 24.4 Å². The Hall–Kier alpha value is -2.85. The molecular formula is C22H22N2O2. The van der Waals surface area contributed by atoms with Crippen LogP contribution in [0.25, 0.3) is 10.8 Å². The van der Waals surface area contributed by atoms with Crippen LogP contribution in [0.2, 0.25) is 0 Å². The molecule has 0 bridgehead atoms. The average Bonchev–Trinajstić information content (AvgIpc) is 2.90. The van der Waals surface area contributed by atoms with Crippen molar-refractivity contribution in [2.24, 2.45) is 0 Å². The molecule has 1 N–H and O–H groups in total. The lowest BCUT2D eigenvalue weighted by atomic mass is 10.1. The largest absolute Gasteiger partial charge is 0.492 e. The highest BCUT2D eigenvalue weighted by Gasteiger charge is 2.24. The number of nitrogens with zero attached hydrogens (tertiary/aromatic N) is 1. The fourth-order valence-electron chi connectivity index (χ4n) is 3.41. The number of para-hydroxylation sites is 1. The highest BCUT2D eigenvalue weighted by molar-refractivity contribution is 6.03. The summed E-state index contributed by atoms with van der Waals surface area (Å²) in [6.45, 7) is 3.97. The zero-order valence-corrected chi connectivity index (χ0v) is 14.8. The van der Waals surface area contributed by atoms with Gasteiger partial charge in [0.2, 0.25) is 5.91 Å². The van der Waals surface area contributed by atoms with Gasteiger partial charge in [-0.2, -0.15) is 0 Å². The third kappa shape index (κ3) is 3.28. The van der Waals surface area contributed by atoms with E-state index in [1.165, 1.54) is 0 Å². The van der Waals surface area contributed by atoms with E-state index in [-0.39, 0.29) is 11.9 Å². The van der Waals surface area contributed by atoms with E-state index in [4.69, 9.17) is 4.74 Å². The first-order valence-electron chi connectivity index (χ1n) is 8.96. The van der Waals surface area contributed by atoms with E-state index in [0.717, 1.165) is 34.3 Å². The molecule has 1 aliphatic heterocycles. The molecule has 3 aromatic carbocycles. The second-order valence-corrected chi connectivity index (χ2v) is 6.62. The number of nitrogens with one attached hydrogen (secondary N) is 1. The molecule has 0 aliphatic carbocycles. The summed E-state index contributed by atoms with van der Waals surface area (Å²) in [5.41, 5.74) is 1.97. The number of carbonyl (C=O) groups excluding carboxylic acids is 1. The van der Waals surface area contributed by atoms with Crippen molar-refractivity contribution in [2.75, 3.05) is 18.5 Å². The summed E-state index contributed by atoms with van der Waals surface area (Å²) >= 11 is 0. The van der Waals surface area contributed by atoms with E-state index in [0.29, 0.717) is 13.2 Å². The quantitative estimate of drug-likeness (QED) is 0.777. The number of rotatable bonds is 3. The van der Waals surface area contributed by atoms with Crippen molar-refractivity contribution in [3.63, 3.8) is 0 Å². The molecule has 0 aromatic heterocycles.